The topological polar surface area (TPSA) is 52.7 Å². The van der Waals surface area contributed by atoms with Gasteiger partial charge in [0.15, 0.2) is 16.8 Å². The van der Waals surface area contributed by atoms with E-state index in [9.17, 15) is 4.79 Å². The Kier molecular flexibility index (Phi) is 5.56. The Hall–Kier alpha value is -2.34. The van der Waals surface area contributed by atoms with Crippen LogP contribution >= 0.6 is 11.8 Å². The summed E-state index contributed by atoms with van der Waals surface area (Å²) < 4.78 is 3.91. The second kappa shape index (κ2) is 7.72. The Morgan fingerprint density at radius 3 is 2.37 bits per heavy atom. The summed E-state index contributed by atoms with van der Waals surface area (Å²) in [5.41, 5.74) is 3.16. The smallest absolute Gasteiger partial charge is 0.191 e. The van der Waals surface area contributed by atoms with Crippen LogP contribution in [0.15, 0.2) is 47.8 Å². The fraction of sp³-hybridized carbons (Fsp3) is 0.381. The number of aryl methyl sites for hydroxylation is 1. The Morgan fingerprint density at radius 2 is 1.81 bits per heavy atom. The third-order valence-electron chi connectivity index (χ3n) is 4.60. The van der Waals surface area contributed by atoms with Gasteiger partial charge >= 0.3 is 0 Å². The van der Waals surface area contributed by atoms with Crippen molar-refractivity contribution in [3.8, 4) is 11.4 Å². The molecule has 0 atom stereocenters. The van der Waals surface area contributed by atoms with Crippen molar-refractivity contribution in [3.63, 3.8) is 0 Å². The number of aromatic nitrogens is 4. The van der Waals surface area contributed by atoms with Crippen molar-refractivity contribution in [2.45, 2.75) is 44.8 Å². The standard InChI is InChI=1S/C21H26N4OS/c1-6-25-19(15-9-11-16(12-10-15)21(2,3)4)22-23-20(25)27-14-18(26)17-8-7-13-24(17)5/h7-13H,6,14H2,1-5H3. The molecule has 0 aliphatic heterocycles. The Labute approximate surface area is 164 Å². The van der Waals surface area contributed by atoms with Crippen LogP contribution in [0, 0.1) is 0 Å². The van der Waals surface area contributed by atoms with Crippen molar-refractivity contribution < 1.29 is 4.79 Å². The number of Topliss-reactive ketones (excluding diaryl/α,β-unsaturated/α-hetero) is 1. The number of nitrogens with zero attached hydrogens (tertiary/aromatic N) is 4. The minimum absolute atomic E-state index is 0.0919. The molecule has 1 aromatic carbocycles. The molecular weight excluding hydrogens is 356 g/mol. The van der Waals surface area contributed by atoms with Crippen LogP contribution in [0.1, 0.15) is 43.7 Å². The molecule has 0 spiro atoms. The van der Waals surface area contributed by atoms with E-state index in [0.717, 1.165) is 23.1 Å². The van der Waals surface area contributed by atoms with Gasteiger partial charge in [0.05, 0.1) is 11.4 Å². The zero-order chi connectivity index (χ0) is 19.6. The van der Waals surface area contributed by atoms with Crippen LogP contribution in [0.3, 0.4) is 0 Å². The predicted octanol–water partition coefficient (Wildman–Crippen LogP) is 4.58. The number of benzene rings is 1. The summed E-state index contributed by atoms with van der Waals surface area (Å²) in [5, 5.41) is 9.48. The Morgan fingerprint density at radius 1 is 1.11 bits per heavy atom. The lowest BCUT2D eigenvalue weighted by atomic mass is 9.87. The maximum absolute atomic E-state index is 12.4. The number of thioether (sulfide) groups is 1. The summed E-state index contributed by atoms with van der Waals surface area (Å²) in [6.45, 7) is 9.43. The highest BCUT2D eigenvalue weighted by Crippen LogP contribution is 2.28. The van der Waals surface area contributed by atoms with Crippen LogP contribution in [0.5, 0.6) is 0 Å². The van der Waals surface area contributed by atoms with Gasteiger partial charge in [-0.2, -0.15) is 0 Å². The van der Waals surface area contributed by atoms with E-state index in [1.165, 1.54) is 17.3 Å². The highest BCUT2D eigenvalue weighted by Gasteiger charge is 2.18. The van der Waals surface area contributed by atoms with Gasteiger partial charge in [0.2, 0.25) is 0 Å². The van der Waals surface area contributed by atoms with Crippen LogP contribution in [-0.2, 0) is 19.0 Å². The van der Waals surface area contributed by atoms with E-state index in [1.54, 1.807) is 0 Å². The Balaban J connectivity index is 1.79. The van der Waals surface area contributed by atoms with E-state index in [2.05, 4.69) is 66.7 Å². The minimum Gasteiger partial charge on any atom is -0.348 e. The molecule has 142 valence electrons. The SMILES string of the molecule is CCn1c(SCC(=O)c2cccn2C)nnc1-c1ccc(C(C)(C)C)cc1. The third-order valence-corrected chi connectivity index (χ3v) is 5.57. The monoisotopic (exact) mass is 382 g/mol. The first-order chi connectivity index (χ1) is 12.8. The second-order valence-corrected chi connectivity index (χ2v) is 8.54. The van der Waals surface area contributed by atoms with E-state index in [4.69, 9.17) is 0 Å². The maximum atomic E-state index is 12.4. The van der Waals surface area contributed by atoms with Crippen LogP contribution in [0.25, 0.3) is 11.4 Å². The van der Waals surface area contributed by atoms with Gasteiger partial charge in [0.1, 0.15) is 0 Å². The quantitative estimate of drug-likeness (QED) is 0.463. The summed E-state index contributed by atoms with van der Waals surface area (Å²) in [5.74, 6) is 1.28. The summed E-state index contributed by atoms with van der Waals surface area (Å²) in [4.78, 5) is 12.4. The molecule has 0 aliphatic carbocycles. The molecule has 0 saturated heterocycles. The van der Waals surface area contributed by atoms with Gasteiger partial charge in [-0.3, -0.25) is 4.79 Å². The number of rotatable bonds is 6. The fourth-order valence-electron chi connectivity index (χ4n) is 2.97. The van der Waals surface area contributed by atoms with Crippen LogP contribution < -0.4 is 0 Å². The second-order valence-electron chi connectivity index (χ2n) is 7.59. The van der Waals surface area contributed by atoms with Crippen molar-refractivity contribution in [1.82, 2.24) is 19.3 Å². The molecule has 0 aliphatic rings. The van der Waals surface area contributed by atoms with E-state index < -0.39 is 0 Å². The molecule has 0 unspecified atom stereocenters. The van der Waals surface area contributed by atoms with Crippen molar-refractivity contribution >= 4 is 17.5 Å². The molecule has 0 saturated carbocycles. The summed E-state index contributed by atoms with van der Waals surface area (Å²) >= 11 is 1.44. The first kappa shape index (κ1) is 19.4. The maximum Gasteiger partial charge on any atom is 0.191 e. The zero-order valence-electron chi connectivity index (χ0n) is 16.6. The molecule has 2 aromatic heterocycles. The van der Waals surface area contributed by atoms with Gasteiger partial charge < -0.3 is 9.13 Å². The van der Waals surface area contributed by atoms with E-state index >= 15 is 0 Å². The normalized spacial score (nSPS) is 11.7. The van der Waals surface area contributed by atoms with E-state index in [-0.39, 0.29) is 11.2 Å². The van der Waals surface area contributed by atoms with Crippen molar-refractivity contribution in [3.05, 3.63) is 53.9 Å². The first-order valence-electron chi connectivity index (χ1n) is 9.12. The highest BCUT2D eigenvalue weighted by atomic mass is 32.2. The molecule has 0 bridgehead atoms. The molecular formula is C21H26N4OS. The van der Waals surface area contributed by atoms with Gasteiger partial charge in [-0.25, -0.2) is 0 Å². The summed E-state index contributed by atoms with van der Waals surface area (Å²) in [6.07, 6.45) is 1.88. The summed E-state index contributed by atoms with van der Waals surface area (Å²) in [7, 11) is 1.88. The van der Waals surface area contributed by atoms with Crippen LogP contribution in [0.4, 0.5) is 0 Å². The molecule has 3 aromatic rings. The number of ketones is 1. The largest absolute Gasteiger partial charge is 0.348 e. The van der Waals surface area contributed by atoms with E-state index in [1.807, 2.05) is 29.9 Å². The summed E-state index contributed by atoms with van der Waals surface area (Å²) in [6, 6.07) is 12.2. The molecule has 5 nitrogen and oxygen atoms in total. The lowest BCUT2D eigenvalue weighted by molar-refractivity contribution is 0.101. The fourth-order valence-corrected chi connectivity index (χ4v) is 3.85. The van der Waals surface area contributed by atoms with E-state index in [0.29, 0.717) is 11.4 Å². The third kappa shape index (κ3) is 4.16. The lowest BCUT2D eigenvalue weighted by Crippen LogP contribution is -2.10. The average molecular weight is 383 g/mol. The van der Waals surface area contributed by atoms with Crippen molar-refractivity contribution in [2.75, 3.05) is 5.75 Å². The lowest BCUT2D eigenvalue weighted by Gasteiger charge is -2.19. The minimum atomic E-state index is 0.0919. The van der Waals surface area contributed by atoms with Gasteiger partial charge in [0.25, 0.3) is 0 Å². The highest BCUT2D eigenvalue weighted by molar-refractivity contribution is 7.99. The molecule has 0 fully saturated rings. The zero-order valence-corrected chi connectivity index (χ0v) is 17.4. The van der Waals surface area contributed by atoms with Crippen LogP contribution in [0.2, 0.25) is 0 Å². The predicted molar refractivity (Wildman–Crippen MR) is 110 cm³/mol. The van der Waals surface area contributed by atoms with Crippen molar-refractivity contribution in [1.29, 1.82) is 0 Å². The molecule has 0 radical (unpaired) electrons. The molecule has 27 heavy (non-hydrogen) atoms. The number of hydrogen-bond donors (Lipinski definition) is 0. The number of carbonyl (C=O) groups excluding carboxylic acids is 1. The number of carbonyl (C=O) groups is 1. The average Bonchev–Trinajstić information content (AvgIpc) is 3.24. The Bertz CT molecular complexity index is 932. The molecule has 6 heteroatoms. The number of hydrogen-bond acceptors (Lipinski definition) is 4. The molecule has 0 N–H and O–H groups in total. The van der Waals surface area contributed by atoms with Crippen LogP contribution in [-0.4, -0.2) is 30.9 Å². The van der Waals surface area contributed by atoms with Gasteiger partial charge in [-0.15, -0.1) is 10.2 Å². The first-order valence-corrected chi connectivity index (χ1v) is 10.1. The van der Waals surface area contributed by atoms with Gasteiger partial charge in [-0.05, 0) is 30.0 Å². The van der Waals surface area contributed by atoms with Gasteiger partial charge in [0, 0.05) is 25.4 Å². The molecule has 3 rings (SSSR count). The molecule has 0 amide bonds. The van der Waals surface area contributed by atoms with Gasteiger partial charge in [-0.1, -0.05) is 56.8 Å². The molecule has 2 heterocycles. The van der Waals surface area contributed by atoms with Crippen molar-refractivity contribution in [2.24, 2.45) is 7.05 Å².